The Morgan fingerprint density at radius 3 is 2.48 bits per heavy atom. The molecule has 0 saturated carbocycles. The standard InChI is InChI=1S/C25H26N2O5S/c1-4-30-22-8-6-5-7-21(22)24-26-25(32-27-24)23-14-11-19(31-23)16-33(28,29)20-12-9-18(10-13-20)15-17(2)3/h5-14,17H,4,15-16H2,1-3H3. The average Bonchev–Trinajstić information content (AvgIpc) is 3.44. The van der Waals surface area contributed by atoms with Gasteiger partial charge in [0.2, 0.25) is 5.82 Å². The molecule has 2 aromatic heterocycles. The fraction of sp³-hybridized carbons (Fsp3) is 0.280. The Balaban J connectivity index is 1.51. The normalized spacial score (nSPS) is 11.8. The van der Waals surface area contributed by atoms with Crippen LogP contribution in [0.2, 0.25) is 0 Å². The first-order valence-corrected chi connectivity index (χ1v) is 12.5. The molecule has 0 radical (unpaired) electrons. The van der Waals surface area contributed by atoms with Crippen molar-refractivity contribution in [3.05, 3.63) is 72.0 Å². The first-order valence-electron chi connectivity index (χ1n) is 10.8. The molecule has 0 aliphatic heterocycles. The topological polar surface area (TPSA) is 95.4 Å². The molecule has 2 heterocycles. The lowest BCUT2D eigenvalue weighted by molar-refractivity contribution is 0.341. The largest absolute Gasteiger partial charge is 0.493 e. The van der Waals surface area contributed by atoms with Crippen molar-refractivity contribution in [3.8, 4) is 28.8 Å². The molecule has 0 aliphatic carbocycles. The minimum Gasteiger partial charge on any atom is -0.493 e. The highest BCUT2D eigenvalue weighted by Crippen LogP contribution is 2.30. The van der Waals surface area contributed by atoms with Gasteiger partial charge >= 0.3 is 0 Å². The van der Waals surface area contributed by atoms with Gasteiger partial charge in [-0.15, -0.1) is 0 Å². The second-order valence-electron chi connectivity index (χ2n) is 8.12. The Bertz CT molecular complexity index is 1320. The van der Waals surface area contributed by atoms with Crippen LogP contribution in [0.5, 0.6) is 5.75 Å². The summed E-state index contributed by atoms with van der Waals surface area (Å²) >= 11 is 0. The minimum absolute atomic E-state index is 0.165. The van der Waals surface area contributed by atoms with Gasteiger partial charge in [-0.25, -0.2) is 8.42 Å². The van der Waals surface area contributed by atoms with E-state index in [1.165, 1.54) is 0 Å². The molecule has 0 spiro atoms. The summed E-state index contributed by atoms with van der Waals surface area (Å²) in [6.07, 6.45) is 0.906. The van der Waals surface area contributed by atoms with E-state index in [2.05, 4.69) is 24.0 Å². The molecule has 0 unspecified atom stereocenters. The van der Waals surface area contributed by atoms with E-state index in [9.17, 15) is 8.42 Å². The van der Waals surface area contributed by atoms with Crippen LogP contribution in [0, 0.1) is 5.92 Å². The highest BCUT2D eigenvalue weighted by atomic mass is 32.2. The third-order valence-electron chi connectivity index (χ3n) is 4.98. The number of sulfone groups is 1. The van der Waals surface area contributed by atoms with Gasteiger partial charge < -0.3 is 13.7 Å². The maximum atomic E-state index is 12.8. The van der Waals surface area contributed by atoms with Crippen LogP contribution in [-0.4, -0.2) is 25.2 Å². The second-order valence-corrected chi connectivity index (χ2v) is 10.1. The Morgan fingerprint density at radius 2 is 1.76 bits per heavy atom. The number of aromatic nitrogens is 2. The number of para-hydroxylation sites is 1. The zero-order chi connectivity index (χ0) is 23.4. The lowest BCUT2D eigenvalue weighted by Gasteiger charge is -2.07. The van der Waals surface area contributed by atoms with Gasteiger partial charge in [0.05, 0.1) is 17.1 Å². The molecule has 0 aliphatic rings. The van der Waals surface area contributed by atoms with Gasteiger partial charge in [-0.1, -0.05) is 43.3 Å². The van der Waals surface area contributed by atoms with Crippen molar-refractivity contribution in [2.24, 2.45) is 5.92 Å². The molecule has 0 fully saturated rings. The second kappa shape index (κ2) is 9.62. The predicted molar refractivity (Wildman–Crippen MR) is 124 cm³/mol. The van der Waals surface area contributed by atoms with E-state index in [0.717, 1.165) is 12.0 Å². The average molecular weight is 467 g/mol. The smallest absolute Gasteiger partial charge is 0.293 e. The fourth-order valence-electron chi connectivity index (χ4n) is 3.51. The minimum atomic E-state index is -3.55. The molecule has 0 bridgehead atoms. The molecule has 33 heavy (non-hydrogen) atoms. The molecular formula is C25H26N2O5S. The van der Waals surface area contributed by atoms with E-state index >= 15 is 0 Å². The fourth-order valence-corrected chi connectivity index (χ4v) is 4.76. The number of rotatable bonds is 9. The van der Waals surface area contributed by atoms with Crippen LogP contribution in [0.4, 0.5) is 0 Å². The van der Waals surface area contributed by atoms with Crippen molar-refractivity contribution >= 4 is 9.84 Å². The molecule has 0 N–H and O–H groups in total. The maximum absolute atomic E-state index is 12.8. The molecule has 8 heteroatoms. The van der Waals surface area contributed by atoms with Crippen molar-refractivity contribution in [2.75, 3.05) is 6.61 Å². The quantitative estimate of drug-likeness (QED) is 0.318. The third kappa shape index (κ3) is 5.34. The van der Waals surface area contributed by atoms with Crippen molar-refractivity contribution in [2.45, 2.75) is 37.8 Å². The van der Waals surface area contributed by atoms with Gasteiger partial charge in [-0.3, -0.25) is 0 Å². The van der Waals surface area contributed by atoms with E-state index in [1.807, 2.05) is 43.3 Å². The zero-order valence-electron chi connectivity index (χ0n) is 18.8. The summed E-state index contributed by atoms with van der Waals surface area (Å²) < 4.78 is 42.4. The monoisotopic (exact) mass is 466 g/mol. The maximum Gasteiger partial charge on any atom is 0.293 e. The van der Waals surface area contributed by atoms with Gasteiger partial charge in [0.15, 0.2) is 15.6 Å². The van der Waals surface area contributed by atoms with Gasteiger partial charge in [-0.2, -0.15) is 4.98 Å². The van der Waals surface area contributed by atoms with E-state index in [-0.39, 0.29) is 16.5 Å². The summed E-state index contributed by atoms with van der Waals surface area (Å²) in [7, 11) is -3.55. The molecule has 0 atom stereocenters. The van der Waals surface area contributed by atoms with Gasteiger partial charge in [0.1, 0.15) is 17.3 Å². The highest BCUT2D eigenvalue weighted by Gasteiger charge is 2.21. The Morgan fingerprint density at radius 1 is 1.00 bits per heavy atom. The van der Waals surface area contributed by atoms with Crippen LogP contribution in [0.15, 0.2) is 74.5 Å². The predicted octanol–water partition coefficient (Wildman–Crippen LogP) is 5.57. The number of nitrogens with zero attached hydrogens (tertiary/aromatic N) is 2. The first-order chi connectivity index (χ1) is 15.9. The molecule has 4 aromatic rings. The molecule has 0 amide bonds. The van der Waals surface area contributed by atoms with E-state index < -0.39 is 9.84 Å². The number of hydrogen-bond donors (Lipinski definition) is 0. The Kier molecular flexibility index (Phi) is 6.65. The molecule has 2 aromatic carbocycles. The van der Waals surface area contributed by atoms with Crippen molar-refractivity contribution < 1.29 is 22.1 Å². The van der Waals surface area contributed by atoms with Crippen LogP contribution in [0.1, 0.15) is 32.1 Å². The van der Waals surface area contributed by atoms with Crippen molar-refractivity contribution in [1.82, 2.24) is 10.1 Å². The number of furan rings is 1. The third-order valence-corrected chi connectivity index (χ3v) is 6.64. The number of hydrogen-bond acceptors (Lipinski definition) is 7. The summed E-state index contributed by atoms with van der Waals surface area (Å²) in [5.74, 6) is 2.03. The number of benzene rings is 2. The molecular weight excluding hydrogens is 440 g/mol. The Labute approximate surface area is 193 Å². The van der Waals surface area contributed by atoms with Gasteiger partial charge in [0.25, 0.3) is 5.89 Å². The van der Waals surface area contributed by atoms with Crippen LogP contribution in [0.25, 0.3) is 23.0 Å². The lowest BCUT2D eigenvalue weighted by Crippen LogP contribution is -2.04. The van der Waals surface area contributed by atoms with Crippen LogP contribution >= 0.6 is 0 Å². The van der Waals surface area contributed by atoms with E-state index in [0.29, 0.717) is 41.2 Å². The molecule has 4 rings (SSSR count). The van der Waals surface area contributed by atoms with Gasteiger partial charge in [-0.05, 0) is 61.2 Å². The first kappa shape index (κ1) is 22.8. The van der Waals surface area contributed by atoms with Crippen molar-refractivity contribution in [1.29, 1.82) is 0 Å². The van der Waals surface area contributed by atoms with Crippen LogP contribution < -0.4 is 4.74 Å². The molecule has 172 valence electrons. The van der Waals surface area contributed by atoms with Crippen LogP contribution in [0.3, 0.4) is 0 Å². The molecule has 0 saturated heterocycles. The summed E-state index contributed by atoms with van der Waals surface area (Å²) in [6.45, 7) is 6.67. The lowest BCUT2D eigenvalue weighted by atomic mass is 10.0. The van der Waals surface area contributed by atoms with E-state index in [1.54, 1.807) is 24.3 Å². The summed E-state index contributed by atoms with van der Waals surface area (Å²) in [6, 6.07) is 17.7. The summed E-state index contributed by atoms with van der Waals surface area (Å²) in [4.78, 5) is 4.66. The van der Waals surface area contributed by atoms with E-state index in [4.69, 9.17) is 13.7 Å². The summed E-state index contributed by atoms with van der Waals surface area (Å²) in [5.41, 5.74) is 1.81. The molecule has 7 nitrogen and oxygen atoms in total. The van der Waals surface area contributed by atoms with Crippen molar-refractivity contribution in [3.63, 3.8) is 0 Å². The van der Waals surface area contributed by atoms with Crippen LogP contribution in [-0.2, 0) is 22.0 Å². The number of ether oxygens (including phenoxy) is 1. The highest BCUT2D eigenvalue weighted by molar-refractivity contribution is 7.90. The van der Waals surface area contributed by atoms with Gasteiger partial charge in [0, 0.05) is 0 Å². The zero-order valence-corrected chi connectivity index (χ0v) is 19.6. The Hall–Kier alpha value is -3.39. The summed E-state index contributed by atoms with van der Waals surface area (Å²) in [5, 5.41) is 4.02. The SMILES string of the molecule is CCOc1ccccc1-c1noc(-c2ccc(CS(=O)(=O)c3ccc(CC(C)C)cc3)o2)n1.